The molecular formula is C15H21NO3. The first kappa shape index (κ1) is 14.0. The van der Waals surface area contributed by atoms with E-state index in [2.05, 4.69) is 17.0 Å². The lowest BCUT2D eigenvalue weighted by Crippen LogP contribution is -2.55. The van der Waals surface area contributed by atoms with Crippen molar-refractivity contribution in [3.8, 4) is 0 Å². The molecule has 1 heterocycles. The van der Waals surface area contributed by atoms with Crippen LogP contribution in [0.15, 0.2) is 30.3 Å². The van der Waals surface area contributed by atoms with Gasteiger partial charge in [0.15, 0.2) is 0 Å². The van der Waals surface area contributed by atoms with Crippen molar-refractivity contribution in [1.29, 1.82) is 0 Å². The van der Waals surface area contributed by atoms with Crippen LogP contribution in [0.25, 0.3) is 0 Å². The molecule has 4 nitrogen and oxygen atoms in total. The lowest BCUT2D eigenvalue weighted by Gasteiger charge is -2.41. The van der Waals surface area contributed by atoms with E-state index in [9.17, 15) is 9.90 Å². The van der Waals surface area contributed by atoms with Crippen LogP contribution in [0.2, 0.25) is 0 Å². The molecule has 1 aromatic carbocycles. The highest BCUT2D eigenvalue weighted by Crippen LogP contribution is 2.25. The zero-order valence-electron chi connectivity index (χ0n) is 11.5. The van der Waals surface area contributed by atoms with Crippen molar-refractivity contribution in [2.75, 3.05) is 13.1 Å². The van der Waals surface area contributed by atoms with Crippen molar-refractivity contribution in [1.82, 2.24) is 4.90 Å². The Labute approximate surface area is 114 Å². The highest BCUT2D eigenvalue weighted by Gasteiger charge is 2.39. The predicted molar refractivity (Wildman–Crippen MR) is 72.5 cm³/mol. The van der Waals surface area contributed by atoms with Gasteiger partial charge in [0, 0.05) is 26.6 Å². The number of carbonyl (C=O) groups is 1. The number of hydrogen-bond acceptors (Lipinski definition) is 4. The van der Waals surface area contributed by atoms with Crippen LogP contribution in [0, 0.1) is 0 Å². The number of rotatable bonds is 3. The third-order valence-corrected chi connectivity index (χ3v) is 3.61. The van der Waals surface area contributed by atoms with Gasteiger partial charge in [-0.15, -0.1) is 0 Å². The number of nitrogens with zero attached hydrogens (tertiary/aromatic N) is 1. The lowest BCUT2D eigenvalue weighted by atomic mass is 9.90. The van der Waals surface area contributed by atoms with Gasteiger partial charge in [0.1, 0.15) is 11.7 Å². The number of benzene rings is 1. The van der Waals surface area contributed by atoms with E-state index in [1.54, 1.807) is 6.92 Å². The molecule has 1 aromatic rings. The first-order valence-electron chi connectivity index (χ1n) is 6.63. The highest BCUT2D eigenvalue weighted by molar-refractivity contribution is 5.66. The fraction of sp³-hybridized carbons (Fsp3) is 0.533. The second-order valence-corrected chi connectivity index (χ2v) is 5.43. The molecule has 0 aromatic heterocycles. The van der Waals surface area contributed by atoms with Gasteiger partial charge in [-0.25, -0.2) is 0 Å². The van der Waals surface area contributed by atoms with Crippen LogP contribution in [-0.2, 0) is 16.1 Å². The summed E-state index contributed by atoms with van der Waals surface area (Å²) < 4.78 is 5.24. The second-order valence-electron chi connectivity index (χ2n) is 5.43. The largest absolute Gasteiger partial charge is 0.458 e. The van der Waals surface area contributed by atoms with Gasteiger partial charge in [-0.1, -0.05) is 30.3 Å². The molecule has 0 bridgehead atoms. The van der Waals surface area contributed by atoms with E-state index in [4.69, 9.17) is 4.74 Å². The van der Waals surface area contributed by atoms with Crippen LogP contribution in [-0.4, -0.2) is 40.8 Å². The molecule has 1 N–H and O–H groups in total. The standard InChI is InChI=1S/C15H21NO3/c1-12(17)19-14-11-16(9-8-15(14,2)18)10-13-6-4-3-5-7-13/h3-7,14,18H,8-11H2,1-2H3/t14-,15-/m0/s1. The molecule has 0 amide bonds. The van der Waals surface area contributed by atoms with Crippen molar-refractivity contribution in [2.45, 2.75) is 38.5 Å². The Morgan fingerprint density at radius 1 is 1.47 bits per heavy atom. The summed E-state index contributed by atoms with van der Waals surface area (Å²) in [5, 5.41) is 10.3. The number of ether oxygens (including phenoxy) is 1. The normalized spacial score (nSPS) is 28.1. The van der Waals surface area contributed by atoms with E-state index in [1.165, 1.54) is 12.5 Å². The van der Waals surface area contributed by atoms with E-state index < -0.39 is 11.7 Å². The average Bonchev–Trinajstić information content (AvgIpc) is 2.34. The van der Waals surface area contributed by atoms with E-state index in [1.807, 2.05) is 18.2 Å². The minimum Gasteiger partial charge on any atom is -0.458 e. The molecule has 1 saturated heterocycles. The summed E-state index contributed by atoms with van der Waals surface area (Å²) in [5.74, 6) is -0.341. The Balaban J connectivity index is 1.99. The molecule has 2 atom stereocenters. The summed E-state index contributed by atoms with van der Waals surface area (Å²) in [5.41, 5.74) is 0.296. The van der Waals surface area contributed by atoms with Crippen molar-refractivity contribution in [3.05, 3.63) is 35.9 Å². The Kier molecular flexibility index (Phi) is 4.22. The maximum atomic E-state index is 11.1. The van der Waals surface area contributed by atoms with Gasteiger partial charge in [0.05, 0.1) is 0 Å². The number of carbonyl (C=O) groups excluding carboxylic acids is 1. The number of esters is 1. The minimum absolute atomic E-state index is 0.341. The van der Waals surface area contributed by atoms with Crippen molar-refractivity contribution < 1.29 is 14.6 Å². The monoisotopic (exact) mass is 263 g/mol. The number of likely N-dealkylation sites (tertiary alicyclic amines) is 1. The van der Waals surface area contributed by atoms with E-state index in [0.717, 1.165) is 13.1 Å². The van der Waals surface area contributed by atoms with E-state index in [-0.39, 0.29) is 5.97 Å². The summed E-state index contributed by atoms with van der Waals surface area (Å²) >= 11 is 0. The summed E-state index contributed by atoms with van der Waals surface area (Å²) in [6.07, 6.45) is 0.153. The van der Waals surface area contributed by atoms with Crippen molar-refractivity contribution in [3.63, 3.8) is 0 Å². The molecule has 0 saturated carbocycles. The molecule has 0 aliphatic carbocycles. The van der Waals surface area contributed by atoms with Gasteiger partial charge in [-0.2, -0.15) is 0 Å². The lowest BCUT2D eigenvalue weighted by molar-refractivity contribution is -0.171. The number of piperidine rings is 1. The summed E-state index contributed by atoms with van der Waals surface area (Å²) in [4.78, 5) is 13.3. The van der Waals surface area contributed by atoms with Gasteiger partial charge in [-0.05, 0) is 18.9 Å². The zero-order chi connectivity index (χ0) is 13.9. The topological polar surface area (TPSA) is 49.8 Å². The molecule has 104 valence electrons. The van der Waals surface area contributed by atoms with E-state index >= 15 is 0 Å². The molecule has 4 heteroatoms. The van der Waals surface area contributed by atoms with Crippen molar-refractivity contribution >= 4 is 5.97 Å². The maximum absolute atomic E-state index is 11.1. The summed E-state index contributed by atoms with van der Waals surface area (Å²) in [7, 11) is 0. The summed E-state index contributed by atoms with van der Waals surface area (Å²) in [6, 6.07) is 10.2. The maximum Gasteiger partial charge on any atom is 0.303 e. The van der Waals surface area contributed by atoms with Crippen LogP contribution in [0.4, 0.5) is 0 Å². The number of hydrogen-bond donors (Lipinski definition) is 1. The molecule has 1 fully saturated rings. The Morgan fingerprint density at radius 2 is 2.16 bits per heavy atom. The highest BCUT2D eigenvalue weighted by atomic mass is 16.6. The Morgan fingerprint density at radius 3 is 2.79 bits per heavy atom. The predicted octanol–water partition coefficient (Wildman–Crippen LogP) is 1.57. The minimum atomic E-state index is -0.932. The molecule has 19 heavy (non-hydrogen) atoms. The van der Waals surface area contributed by atoms with Gasteiger partial charge in [0.2, 0.25) is 0 Å². The smallest absolute Gasteiger partial charge is 0.303 e. The van der Waals surface area contributed by atoms with Gasteiger partial charge in [-0.3, -0.25) is 9.69 Å². The third-order valence-electron chi connectivity index (χ3n) is 3.61. The van der Waals surface area contributed by atoms with Crippen LogP contribution < -0.4 is 0 Å². The molecule has 0 unspecified atom stereocenters. The Bertz CT molecular complexity index is 430. The first-order valence-corrected chi connectivity index (χ1v) is 6.63. The van der Waals surface area contributed by atoms with Gasteiger partial charge < -0.3 is 9.84 Å². The SMILES string of the molecule is CC(=O)O[C@H]1CN(Cc2ccccc2)CC[C@]1(C)O. The number of aliphatic hydroxyl groups is 1. The molecule has 0 spiro atoms. The molecule has 1 aliphatic heterocycles. The van der Waals surface area contributed by atoms with Crippen LogP contribution in [0.1, 0.15) is 25.8 Å². The van der Waals surface area contributed by atoms with Gasteiger partial charge >= 0.3 is 5.97 Å². The van der Waals surface area contributed by atoms with Crippen LogP contribution in [0.3, 0.4) is 0 Å². The van der Waals surface area contributed by atoms with Crippen molar-refractivity contribution in [2.24, 2.45) is 0 Å². The zero-order valence-corrected chi connectivity index (χ0v) is 11.5. The fourth-order valence-corrected chi connectivity index (χ4v) is 2.42. The van der Waals surface area contributed by atoms with Crippen LogP contribution in [0.5, 0.6) is 0 Å². The quantitative estimate of drug-likeness (QED) is 0.841. The fourth-order valence-electron chi connectivity index (χ4n) is 2.42. The Hall–Kier alpha value is -1.39. The van der Waals surface area contributed by atoms with Gasteiger partial charge in [0.25, 0.3) is 0 Å². The average molecular weight is 263 g/mol. The van der Waals surface area contributed by atoms with Crippen LogP contribution >= 0.6 is 0 Å². The third kappa shape index (κ3) is 3.78. The molecular weight excluding hydrogens is 242 g/mol. The molecule has 0 radical (unpaired) electrons. The first-order chi connectivity index (χ1) is 8.97. The molecule has 2 rings (SSSR count). The second kappa shape index (κ2) is 5.72. The van der Waals surface area contributed by atoms with E-state index in [0.29, 0.717) is 13.0 Å². The molecule has 1 aliphatic rings. The summed E-state index contributed by atoms with van der Waals surface area (Å²) in [6.45, 7) is 5.31.